The maximum absolute atomic E-state index is 12.8. The summed E-state index contributed by atoms with van der Waals surface area (Å²) in [6.45, 7) is 6.57. The Kier molecular flexibility index (Phi) is 5.58. The lowest BCUT2D eigenvalue weighted by molar-refractivity contribution is -0.114. The molecule has 136 valence electrons. The minimum atomic E-state index is -0.194. The van der Waals surface area contributed by atoms with E-state index in [4.69, 9.17) is 0 Å². The molecule has 1 aromatic carbocycles. The number of nitrogens with zero attached hydrogens (tertiary/aromatic N) is 4. The first-order valence-corrected chi connectivity index (χ1v) is 8.72. The molecule has 0 bridgehead atoms. The molecule has 2 heterocycles. The number of hydrogen-bond donors (Lipinski definition) is 1. The summed E-state index contributed by atoms with van der Waals surface area (Å²) < 4.78 is 0. The minimum absolute atomic E-state index is 0.0868. The zero-order valence-electron chi connectivity index (χ0n) is 15.1. The van der Waals surface area contributed by atoms with E-state index in [1.54, 1.807) is 42.7 Å². The summed E-state index contributed by atoms with van der Waals surface area (Å²) in [5, 5.41) is 2.71. The van der Waals surface area contributed by atoms with E-state index in [1.165, 1.54) is 6.92 Å². The van der Waals surface area contributed by atoms with Gasteiger partial charge in [0.1, 0.15) is 0 Å². The minimum Gasteiger partial charge on any atom is -0.338 e. The fourth-order valence-electron chi connectivity index (χ4n) is 3.09. The molecule has 7 heteroatoms. The van der Waals surface area contributed by atoms with Crippen LogP contribution in [0.1, 0.15) is 24.2 Å². The fourth-order valence-corrected chi connectivity index (χ4v) is 3.09. The summed E-state index contributed by atoms with van der Waals surface area (Å²) in [6.07, 6.45) is 3.48. The maximum atomic E-state index is 12.8. The van der Waals surface area contributed by atoms with Crippen LogP contribution in [0.2, 0.25) is 0 Å². The second-order valence-electron chi connectivity index (χ2n) is 6.37. The van der Waals surface area contributed by atoms with E-state index in [9.17, 15) is 9.59 Å². The standard InChI is InChI=1S/C19H23N5O2/c1-14(18(26)16-4-6-17(7-5-16)22-15(2)25)23-10-12-24(13-11-23)19-20-8-3-9-21-19/h3-9,14H,10-13H2,1-2H3,(H,22,25)/t14-/m1/s1. The van der Waals surface area contributed by atoms with E-state index in [2.05, 4.69) is 25.1 Å². The highest BCUT2D eigenvalue weighted by Crippen LogP contribution is 2.16. The maximum Gasteiger partial charge on any atom is 0.225 e. The summed E-state index contributed by atoms with van der Waals surface area (Å²) in [5.74, 6) is 0.696. The first kappa shape index (κ1) is 18.0. The van der Waals surface area contributed by atoms with Crippen molar-refractivity contribution in [3.63, 3.8) is 0 Å². The molecule has 1 aromatic heterocycles. The zero-order valence-corrected chi connectivity index (χ0v) is 15.1. The van der Waals surface area contributed by atoms with Gasteiger partial charge >= 0.3 is 0 Å². The average Bonchev–Trinajstić information content (AvgIpc) is 2.68. The molecule has 1 atom stereocenters. The van der Waals surface area contributed by atoms with E-state index in [0.717, 1.165) is 32.1 Å². The Morgan fingerprint density at radius 2 is 1.65 bits per heavy atom. The smallest absolute Gasteiger partial charge is 0.225 e. The lowest BCUT2D eigenvalue weighted by atomic mass is 10.0. The van der Waals surface area contributed by atoms with Crippen molar-refractivity contribution in [3.05, 3.63) is 48.3 Å². The third-order valence-corrected chi connectivity index (χ3v) is 4.57. The molecule has 0 radical (unpaired) electrons. The van der Waals surface area contributed by atoms with Crippen molar-refractivity contribution < 1.29 is 9.59 Å². The largest absolute Gasteiger partial charge is 0.338 e. The Balaban J connectivity index is 1.58. The predicted molar refractivity (Wildman–Crippen MR) is 100 cm³/mol. The van der Waals surface area contributed by atoms with Crippen LogP contribution in [0.4, 0.5) is 11.6 Å². The molecule has 7 nitrogen and oxygen atoms in total. The number of anilines is 2. The molecule has 0 unspecified atom stereocenters. The summed E-state index contributed by atoms with van der Waals surface area (Å²) in [7, 11) is 0. The molecule has 1 aliphatic rings. The fraction of sp³-hybridized carbons (Fsp3) is 0.368. The molecule has 1 aliphatic heterocycles. The van der Waals surface area contributed by atoms with Gasteiger partial charge in [-0.2, -0.15) is 0 Å². The van der Waals surface area contributed by atoms with Crippen molar-refractivity contribution >= 4 is 23.3 Å². The van der Waals surface area contributed by atoms with E-state index < -0.39 is 0 Å². The van der Waals surface area contributed by atoms with Gasteiger partial charge in [-0.3, -0.25) is 14.5 Å². The lowest BCUT2D eigenvalue weighted by Gasteiger charge is -2.37. The highest BCUT2D eigenvalue weighted by molar-refractivity contribution is 6.00. The zero-order chi connectivity index (χ0) is 18.5. The van der Waals surface area contributed by atoms with Gasteiger partial charge in [0.05, 0.1) is 6.04 Å². The van der Waals surface area contributed by atoms with Gasteiger partial charge in [0.2, 0.25) is 11.9 Å². The van der Waals surface area contributed by atoms with E-state index in [1.807, 2.05) is 6.92 Å². The summed E-state index contributed by atoms with van der Waals surface area (Å²) >= 11 is 0. The van der Waals surface area contributed by atoms with E-state index in [-0.39, 0.29) is 17.7 Å². The Labute approximate surface area is 153 Å². The first-order chi connectivity index (χ1) is 12.5. The number of hydrogen-bond acceptors (Lipinski definition) is 6. The topological polar surface area (TPSA) is 78.4 Å². The van der Waals surface area contributed by atoms with Gasteiger partial charge in [0.25, 0.3) is 0 Å². The molecule has 3 rings (SSSR count). The van der Waals surface area contributed by atoms with Crippen LogP contribution < -0.4 is 10.2 Å². The van der Waals surface area contributed by atoms with Gasteiger partial charge in [0.15, 0.2) is 5.78 Å². The van der Waals surface area contributed by atoms with E-state index in [0.29, 0.717) is 11.3 Å². The molecule has 1 amide bonds. The highest BCUT2D eigenvalue weighted by Gasteiger charge is 2.27. The van der Waals surface area contributed by atoms with Crippen LogP contribution in [0.15, 0.2) is 42.7 Å². The third kappa shape index (κ3) is 4.23. The number of rotatable bonds is 5. The third-order valence-electron chi connectivity index (χ3n) is 4.57. The number of piperazine rings is 1. The molecule has 26 heavy (non-hydrogen) atoms. The predicted octanol–water partition coefficient (Wildman–Crippen LogP) is 1.83. The van der Waals surface area contributed by atoms with E-state index >= 15 is 0 Å². The van der Waals surface area contributed by atoms with Gasteiger partial charge in [-0.15, -0.1) is 0 Å². The lowest BCUT2D eigenvalue weighted by Crippen LogP contribution is -2.52. The molecular formula is C19H23N5O2. The van der Waals surface area contributed by atoms with Crippen LogP contribution in [-0.4, -0.2) is 58.8 Å². The van der Waals surface area contributed by atoms with Gasteiger partial charge in [-0.05, 0) is 37.3 Å². The molecule has 1 fully saturated rings. The van der Waals surface area contributed by atoms with Crippen LogP contribution in [0.3, 0.4) is 0 Å². The summed E-state index contributed by atoms with van der Waals surface area (Å²) in [6, 6.07) is 8.65. The Hall–Kier alpha value is -2.80. The second kappa shape index (κ2) is 8.05. The van der Waals surface area contributed by atoms with Crippen molar-refractivity contribution in [2.24, 2.45) is 0 Å². The normalized spacial score (nSPS) is 16.2. The average molecular weight is 353 g/mol. The molecule has 0 saturated carbocycles. The first-order valence-electron chi connectivity index (χ1n) is 8.72. The number of carbonyl (C=O) groups is 2. The molecule has 0 aliphatic carbocycles. The Morgan fingerprint density at radius 3 is 2.23 bits per heavy atom. The SMILES string of the molecule is CC(=O)Nc1ccc(C(=O)[C@@H](C)N2CCN(c3ncccn3)CC2)cc1. The molecular weight excluding hydrogens is 330 g/mol. The van der Waals surface area contributed by atoms with Crippen molar-refractivity contribution in [2.75, 3.05) is 36.4 Å². The van der Waals surface area contributed by atoms with Gasteiger partial charge in [-0.25, -0.2) is 9.97 Å². The molecule has 1 N–H and O–H groups in total. The molecule has 1 saturated heterocycles. The number of carbonyl (C=O) groups excluding carboxylic acids is 2. The van der Waals surface area contributed by atoms with Crippen molar-refractivity contribution in [3.8, 4) is 0 Å². The number of Topliss-reactive ketones (excluding diaryl/α,β-unsaturated/α-hetero) is 1. The quantitative estimate of drug-likeness (QED) is 0.826. The number of nitrogens with one attached hydrogen (secondary N) is 1. The van der Waals surface area contributed by atoms with Gasteiger partial charge in [-0.1, -0.05) is 0 Å². The second-order valence-corrected chi connectivity index (χ2v) is 6.37. The van der Waals surface area contributed by atoms with Crippen LogP contribution in [0.5, 0.6) is 0 Å². The number of aromatic nitrogens is 2. The number of ketones is 1. The van der Waals surface area contributed by atoms with Gasteiger partial charge < -0.3 is 10.2 Å². The van der Waals surface area contributed by atoms with Crippen LogP contribution in [-0.2, 0) is 4.79 Å². The van der Waals surface area contributed by atoms with Crippen LogP contribution in [0, 0.1) is 0 Å². The van der Waals surface area contributed by atoms with Crippen molar-refractivity contribution in [1.82, 2.24) is 14.9 Å². The highest BCUT2D eigenvalue weighted by atomic mass is 16.1. The monoisotopic (exact) mass is 353 g/mol. The Bertz CT molecular complexity index is 755. The summed E-state index contributed by atoms with van der Waals surface area (Å²) in [5.41, 5.74) is 1.35. The van der Waals surface area contributed by atoms with Crippen molar-refractivity contribution in [1.29, 1.82) is 0 Å². The van der Waals surface area contributed by atoms with Crippen LogP contribution >= 0.6 is 0 Å². The van der Waals surface area contributed by atoms with Gasteiger partial charge in [0, 0.05) is 56.7 Å². The molecule has 0 spiro atoms. The number of benzene rings is 1. The Morgan fingerprint density at radius 1 is 1.04 bits per heavy atom. The van der Waals surface area contributed by atoms with Crippen LogP contribution in [0.25, 0.3) is 0 Å². The molecule has 2 aromatic rings. The van der Waals surface area contributed by atoms with Crippen molar-refractivity contribution in [2.45, 2.75) is 19.9 Å². The summed E-state index contributed by atoms with van der Waals surface area (Å²) in [4.78, 5) is 36.7. The number of amides is 1.